The lowest BCUT2D eigenvalue weighted by atomic mass is 9.92. The van der Waals surface area contributed by atoms with Crippen LogP contribution in [-0.2, 0) is 0 Å². The topological polar surface area (TPSA) is 47.9 Å². The molecule has 0 saturated heterocycles. The van der Waals surface area contributed by atoms with Gasteiger partial charge >= 0.3 is 0 Å². The van der Waals surface area contributed by atoms with Crippen LogP contribution in [0.1, 0.15) is 0 Å². The highest BCUT2D eigenvalue weighted by Crippen LogP contribution is 2.47. The van der Waals surface area contributed by atoms with E-state index in [9.17, 15) is 0 Å². The summed E-state index contributed by atoms with van der Waals surface area (Å²) >= 11 is 11.9. The molecule has 6 heteroatoms. The Morgan fingerprint density at radius 3 is 2.24 bits per heavy atom. The normalized spacial score (nSPS) is 11.9. The Morgan fingerprint density at radius 1 is 0.640 bits per heavy atom. The minimum absolute atomic E-state index is 0.0667. The Kier molecular flexibility index (Phi) is 3.17. The number of ether oxygens (including phenoxy) is 1. The fourth-order valence-corrected chi connectivity index (χ4v) is 3.59. The summed E-state index contributed by atoms with van der Waals surface area (Å²) in [6, 6.07) is 17.9. The molecule has 3 aromatic carbocycles. The van der Waals surface area contributed by atoms with Crippen molar-refractivity contribution in [2.75, 3.05) is 0 Å². The van der Waals surface area contributed by atoms with Crippen molar-refractivity contribution in [1.29, 1.82) is 0 Å². The summed E-state index contributed by atoms with van der Waals surface area (Å²) in [6.45, 7) is 0. The molecule has 1 aromatic heterocycles. The fraction of sp³-hybridized carbons (Fsp3) is 0. The quantitative estimate of drug-likeness (QED) is 0.378. The second kappa shape index (κ2) is 5.41. The zero-order chi connectivity index (χ0) is 17.0. The summed E-state index contributed by atoms with van der Waals surface area (Å²) in [5.41, 5.74) is 3.00. The standard InChI is InChI=1S/C19H9Cl2N3O/c20-18-22-17(23-19(21)24-18)13-8-9-15-16-11(5-3-6-12(13)16)10-4-1-2-7-14(10)25-15/h1-9H. The molecule has 0 atom stereocenters. The van der Waals surface area contributed by atoms with Crippen LogP contribution < -0.4 is 4.74 Å². The maximum atomic E-state index is 6.08. The number of benzene rings is 3. The maximum absolute atomic E-state index is 6.08. The maximum Gasteiger partial charge on any atom is 0.227 e. The van der Waals surface area contributed by atoms with E-state index < -0.39 is 0 Å². The molecule has 0 amide bonds. The highest BCUT2D eigenvalue weighted by atomic mass is 35.5. The lowest BCUT2D eigenvalue weighted by Crippen LogP contribution is -1.99. The van der Waals surface area contributed by atoms with Gasteiger partial charge in [-0.15, -0.1) is 0 Å². The van der Waals surface area contributed by atoms with Crippen LogP contribution in [0.4, 0.5) is 0 Å². The molecule has 0 fully saturated rings. The van der Waals surface area contributed by atoms with Crippen LogP contribution in [0.25, 0.3) is 33.3 Å². The summed E-state index contributed by atoms with van der Waals surface area (Å²) in [5.74, 6) is 2.09. The second-order valence-electron chi connectivity index (χ2n) is 5.63. The van der Waals surface area contributed by atoms with E-state index in [0.717, 1.165) is 39.0 Å². The number of nitrogens with zero attached hydrogens (tertiary/aromatic N) is 3. The number of hydrogen-bond acceptors (Lipinski definition) is 4. The first-order valence-electron chi connectivity index (χ1n) is 7.61. The highest BCUT2D eigenvalue weighted by Gasteiger charge is 2.21. The Labute approximate surface area is 153 Å². The van der Waals surface area contributed by atoms with Crippen molar-refractivity contribution < 1.29 is 4.74 Å². The molecule has 0 radical (unpaired) electrons. The van der Waals surface area contributed by atoms with Gasteiger partial charge in [-0.1, -0.05) is 36.4 Å². The fourth-order valence-electron chi connectivity index (χ4n) is 3.22. The van der Waals surface area contributed by atoms with Crippen molar-refractivity contribution in [1.82, 2.24) is 15.0 Å². The molecule has 0 aliphatic carbocycles. The Morgan fingerprint density at radius 2 is 1.40 bits per heavy atom. The average Bonchev–Trinajstić information content (AvgIpc) is 2.61. The van der Waals surface area contributed by atoms with Crippen LogP contribution >= 0.6 is 23.2 Å². The monoisotopic (exact) mass is 365 g/mol. The van der Waals surface area contributed by atoms with Gasteiger partial charge < -0.3 is 4.74 Å². The molecule has 120 valence electrons. The van der Waals surface area contributed by atoms with E-state index >= 15 is 0 Å². The molecular weight excluding hydrogens is 357 g/mol. The van der Waals surface area contributed by atoms with Gasteiger partial charge in [-0.05, 0) is 52.4 Å². The van der Waals surface area contributed by atoms with Crippen molar-refractivity contribution in [2.45, 2.75) is 0 Å². The summed E-state index contributed by atoms with van der Waals surface area (Å²) < 4.78 is 6.08. The minimum Gasteiger partial charge on any atom is -0.456 e. The van der Waals surface area contributed by atoms with Crippen molar-refractivity contribution in [3.05, 3.63) is 65.2 Å². The third-order valence-electron chi connectivity index (χ3n) is 4.22. The molecule has 0 unspecified atom stereocenters. The van der Waals surface area contributed by atoms with Gasteiger partial charge in [0.15, 0.2) is 5.82 Å². The van der Waals surface area contributed by atoms with Crippen molar-refractivity contribution in [3.63, 3.8) is 0 Å². The SMILES string of the molecule is Clc1nc(Cl)nc(-c2ccc3c4c(cccc24)-c2ccccc2O3)n1. The number of para-hydroxylation sites is 1. The smallest absolute Gasteiger partial charge is 0.227 e. The highest BCUT2D eigenvalue weighted by molar-refractivity contribution is 6.31. The van der Waals surface area contributed by atoms with E-state index in [0.29, 0.717) is 5.82 Å². The molecular formula is C19H9Cl2N3O. The molecule has 2 heterocycles. The minimum atomic E-state index is 0.0667. The number of hydrogen-bond donors (Lipinski definition) is 0. The first-order valence-corrected chi connectivity index (χ1v) is 8.37. The molecule has 0 saturated carbocycles. The van der Waals surface area contributed by atoms with Crippen LogP contribution in [0, 0.1) is 0 Å². The van der Waals surface area contributed by atoms with Gasteiger partial charge in [-0.3, -0.25) is 0 Å². The number of fused-ring (bicyclic) bond motifs is 2. The summed E-state index contributed by atoms with van der Waals surface area (Å²) in [4.78, 5) is 12.3. The molecule has 0 spiro atoms. The third kappa shape index (κ3) is 2.26. The predicted molar refractivity (Wildman–Crippen MR) is 98.3 cm³/mol. The number of halogens is 2. The zero-order valence-electron chi connectivity index (χ0n) is 12.7. The van der Waals surface area contributed by atoms with Crippen LogP contribution in [-0.4, -0.2) is 15.0 Å². The van der Waals surface area contributed by atoms with Gasteiger partial charge in [-0.25, -0.2) is 0 Å². The van der Waals surface area contributed by atoms with E-state index in [1.807, 2.05) is 42.5 Å². The Hall–Kier alpha value is -2.69. The predicted octanol–water partition coefficient (Wildman–Crippen LogP) is 5.77. The molecule has 0 bridgehead atoms. The van der Waals surface area contributed by atoms with Gasteiger partial charge in [0.1, 0.15) is 11.5 Å². The summed E-state index contributed by atoms with van der Waals surface area (Å²) in [7, 11) is 0. The van der Waals surface area contributed by atoms with Gasteiger partial charge in [-0.2, -0.15) is 15.0 Å². The van der Waals surface area contributed by atoms with Crippen LogP contribution in [0.3, 0.4) is 0 Å². The van der Waals surface area contributed by atoms with Crippen molar-refractivity contribution >= 4 is 34.0 Å². The third-order valence-corrected chi connectivity index (χ3v) is 4.56. The molecule has 1 aliphatic heterocycles. The van der Waals surface area contributed by atoms with E-state index in [4.69, 9.17) is 27.9 Å². The lowest BCUT2D eigenvalue weighted by Gasteiger charge is -2.22. The van der Waals surface area contributed by atoms with E-state index in [-0.39, 0.29) is 10.6 Å². The lowest BCUT2D eigenvalue weighted by molar-refractivity contribution is 0.487. The number of aromatic nitrogens is 3. The van der Waals surface area contributed by atoms with Gasteiger partial charge in [0, 0.05) is 16.5 Å². The van der Waals surface area contributed by atoms with Crippen LogP contribution in [0.2, 0.25) is 10.6 Å². The number of rotatable bonds is 1. The average molecular weight is 366 g/mol. The van der Waals surface area contributed by atoms with Gasteiger partial charge in [0.05, 0.1) is 0 Å². The van der Waals surface area contributed by atoms with Crippen molar-refractivity contribution in [3.8, 4) is 34.0 Å². The summed E-state index contributed by atoms with van der Waals surface area (Å²) in [5, 5.41) is 2.13. The first-order chi connectivity index (χ1) is 12.2. The molecule has 4 aromatic rings. The van der Waals surface area contributed by atoms with Crippen molar-refractivity contribution in [2.24, 2.45) is 0 Å². The summed E-state index contributed by atoms with van der Waals surface area (Å²) in [6.07, 6.45) is 0. The zero-order valence-corrected chi connectivity index (χ0v) is 14.2. The second-order valence-corrected chi connectivity index (χ2v) is 6.31. The van der Waals surface area contributed by atoms with Gasteiger partial charge in [0.2, 0.25) is 10.6 Å². The van der Waals surface area contributed by atoms with Crippen LogP contribution in [0.15, 0.2) is 54.6 Å². The molecule has 25 heavy (non-hydrogen) atoms. The molecule has 0 N–H and O–H groups in total. The Balaban J connectivity index is 1.85. The van der Waals surface area contributed by atoms with E-state index in [2.05, 4.69) is 27.1 Å². The molecule has 5 rings (SSSR count). The van der Waals surface area contributed by atoms with E-state index in [1.165, 1.54) is 0 Å². The van der Waals surface area contributed by atoms with Crippen LogP contribution in [0.5, 0.6) is 11.5 Å². The first kappa shape index (κ1) is 14.6. The largest absolute Gasteiger partial charge is 0.456 e. The molecule has 4 nitrogen and oxygen atoms in total. The Bertz CT molecular complexity index is 1140. The van der Waals surface area contributed by atoms with E-state index in [1.54, 1.807) is 0 Å². The molecule has 1 aliphatic rings. The van der Waals surface area contributed by atoms with Gasteiger partial charge in [0.25, 0.3) is 0 Å².